The quantitative estimate of drug-likeness (QED) is 0.809. The van der Waals surface area contributed by atoms with Crippen molar-refractivity contribution in [1.82, 2.24) is 5.32 Å². The second-order valence-electron chi connectivity index (χ2n) is 5.28. The molecular weight excluding hydrogens is 334 g/mol. The summed E-state index contributed by atoms with van der Waals surface area (Å²) in [5.41, 5.74) is 1.21. The Hall–Kier alpha value is -0.780. The summed E-state index contributed by atoms with van der Waals surface area (Å²) >= 11 is 3.67. The minimum atomic E-state index is 0.265. The van der Waals surface area contributed by atoms with Crippen molar-refractivity contribution in [2.75, 3.05) is 34.0 Å². The van der Waals surface area contributed by atoms with Gasteiger partial charge in [-0.05, 0) is 37.1 Å². The van der Waals surface area contributed by atoms with E-state index in [-0.39, 0.29) is 6.04 Å². The smallest absolute Gasteiger partial charge is 0.161 e. The third kappa shape index (κ3) is 3.90. The molecule has 0 saturated carbocycles. The minimum Gasteiger partial charge on any atom is -0.493 e. The molecule has 1 aromatic carbocycles. The van der Waals surface area contributed by atoms with E-state index in [1.54, 1.807) is 14.2 Å². The van der Waals surface area contributed by atoms with Gasteiger partial charge in [0.05, 0.1) is 20.8 Å². The lowest BCUT2D eigenvalue weighted by Crippen LogP contribution is -2.29. The van der Waals surface area contributed by atoms with E-state index in [0.717, 1.165) is 48.6 Å². The summed E-state index contributed by atoms with van der Waals surface area (Å²) in [7, 11) is 3.32. The van der Waals surface area contributed by atoms with E-state index >= 15 is 0 Å². The molecule has 1 fully saturated rings. The van der Waals surface area contributed by atoms with Crippen molar-refractivity contribution in [1.29, 1.82) is 0 Å². The van der Waals surface area contributed by atoms with Crippen LogP contribution in [0, 0.1) is 5.92 Å². The molecule has 2 unspecified atom stereocenters. The van der Waals surface area contributed by atoms with E-state index in [4.69, 9.17) is 14.2 Å². The topological polar surface area (TPSA) is 39.7 Å². The first-order valence-corrected chi connectivity index (χ1v) is 8.23. The first kappa shape index (κ1) is 16.6. The lowest BCUT2D eigenvalue weighted by molar-refractivity contribution is 0.176. The highest BCUT2D eigenvalue weighted by atomic mass is 79.9. The fourth-order valence-electron chi connectivity index (χ4n) is 2.75. The fraction of sp³-hybridized carbons (Fsp3) is 0.625. The van der Waals surface area contributed by atoms with Crippen LogP contribution in [0.15, 0.2) is 16.6 Å². The zero-order valence-corrected chi connectivity index (χ0v) is 14.5. The zero-order chi connectivity index (χ0) is 15.2. The van der Waals surface area contributed by atoms with E-state index in [1.807, 2.05) is 6.07 Å². The van der Waals surface area contributed by atoms with Gasteiger partial charge in [0.25, 0.3) is 0 Å². The monoisotopic (exact) mass is 357 g/mol. The maximum Gasteiger partial charge on any atom is 0.161 e. The van der Waals surface area contributed by atoms with Crippen molar-refractivity contribution in [3.63, 3.8) is 0 Å². The molecule has 1 N–H and O–H groups in total. The fourth-order valence-corrected chi connectivity index (χ4v) is 3.32. The van der Waals surface area contributed by atoms with E-state index in [1.165, 1.54) is 5.56 Å². The molecule has 21 heavy (non-hydrogen) atoms. The van der Waals surface area contributed by atoms with Crippen LogP contribution in [0.25, 0.3) is 0 Å². The SMILES string of the molecule is CCCNC(c1cc(OC)c(OC)cc1Br)C1CCOC1. The molecule has 1 saturated heterocycles. The van der Waals surface area contributed by atoms with E-state index in [2.05, 4.69) is 34.2 Å². The van der Waals surface area contributed by atoms with Crippen LogP contribution in [-0.2, 0) is 4.74 Å². The van der Waals surface area contributed by atoms with Crippen LogP contribution in [0.1, 0.15) is 31.4 Å². The van der Waals surface area contributed by atoms with Gasteiger partial charge >= 0.3 is 0 Å². The van der Waals surface area contributed by atoms with Crippen LogP contribution in [0.5, 0.6) is 11.5 Å². The Morgan fingerprint density at radius 3 is 2.62 bits per heavy atom. The zero-order valence-electron chi connectivity index (χ0n) is 12.9. The summed E-state index contributed by atoms with van der Waals surface area (Å²) in [6.45, 7) is 4.82. The van der Waals surface area contributed by atoms with Gasteiger partial charge < -0.3 is 19.5 Å². The lowest BCUT2D eigenvalue weighted by Gasteiger charge is -2.26. The summed E-state index contributed by atoms with van der Waals surface area (Å²) in [6, 6.07) is 4.31. The predicted molar refractivity (Wildman–Crippen MR) is 87.2 cm³/mol. The highest BCUT2D eigenvalue weighted by molar-refractivity contribution is 9.10. The Bertz CT molecular complexity index is 461. The molecule has 0 aromatic heterocycles. The Morgan fingerprint density at radius 1 is 1.33 bits per heavy atom. The largest absolute Gasteiger partial charge is 0.493 e. The van der Waals surface area contributed by atoms with Gasteiger partial charge in [-0.25, -0.2) is 0 Å². The molecule has 0 bridgehead atoms. The number of halogens is 1. The number of hydrogen-bond donors (Lipinski definition) is 1. The minimum absolute atomic E-state index is 0.265. The van der Waals surface area contributed by atoms with Gasteiger partial charge in [-0.2, -0.15) is 0 Å². The third-order valence-corrected chi connectivity index (χ3v) is 4.58. The number of methoxy groups -OCH3 is 2. The summed E-state index contributed by atoms with van der Waals surface area (Å²) in [6.07, 6.45) is 2.19. The Kier molecular flexibility index (Phi) is 6.33. The molecule has 1 aromatic rings. The Labute approximate surface area is 135 Å². The molecule has 1 aliphatic heterocycles. The van der Waals surface area contributed by atoms with Gasteiger partial charge in [-0.1, -0.05) is 22.9 Å². The summed E-state index contributed by atoms with van der Waals surface area (Å²) < 4.78 is 17.4. The molecular formula is C16H24BrNO3. The summed E-state index contributed by atoms with van der Waals surface area (Å²) in [4.78, 5) is 0. The molecule has 0 amide bonds. The number of nitrogens with one attached hydrogen (secondary N) is 1. The molecule has 0 aliphatic carbocycles. The average molecular weight is 358 g/mol. The molecule has 1 heterocycles. The van der Waals surface area contributed by atoms with Crippen LogP contribution >= 0.6 is 15.9 Å². The standard InChI is InChI=1S/C16H24BrNO3/c1-4-6-18-16(11-5-7-21-10-11)12-8-14(19-2)15(20-3)9-13(12)17/h8-9,11,16,18H,4-7,10H2,1-3H3. The second-order valence-corrected chi connectivity index (χ2v) is 6.14. The average Bonchev–Trinajstić information content (AvgIpc) is 3.02. The highest BCUT2D eigenvalue weighted by Crippen LogP contribution is 2.39. The van der Waals surface area contributed by atoms with Crippen LogP contribution in [-0.4, -0.2) is 34.0 Å². The van der Waals surface area contributed by atoms with Gasteiger partial charge in [0.15, 0.2) is 11.5 Å². The van der Waals surface area contributed by atoms with E-state index in [9.17, 15) is 0 Å². The van der Waals surface area contributed by atoms with E-state index in [0.29, 0.717) is 5.92 Å². The third-order valence-electron chi connectivity index (χ3n) is 3.89. The lowest BCUT2D eigenvalue weighted by atomic mass is 9.92. The summed E-state index contributed by atoms with van der Waals surface area (Å²) in [5, 5.41) is 3.65. The van der Waals surface area contributed by atoms with Crippen molar-refractivity contribution in [3.05, 3.63) is 22.2 Å². The molecule has 2 rings (SSSR count). The Morgan fingerprint density at radius 2 is 2.05 bits per heavy atom. The maximum atomic E-state index is 5.57. The first-order chi connectivity index (χ1) is 10.2. The molecule has 5 heteroatoms. The molecule has 2 atom stereocenters. The van der Waals surface area contributed by atoms with E-state index < -0.39 is 0 Å². The van der Waals surface area contributed by atoms with Crippen molar-refractivity contribution in [2.24, 2.45) is 5.92 Å². The number of rotatable bonds is 7. The van der Waals surface area contributed by atoms with Gasteiger partial charge in [-0.3, -0.25) is 0 Å². The molecule has 1 aliphatic rings. The number of hydrogen-bond acceptors (Lipinski definition) is 4. The second kappa shape index (κ2) is 8.01. The summed E-state index contributed by atoms with van der Waals surface area (Å²) in [5.74, 6) is 1.99. The molecule has 0 radical (unpaired) electrons. The van der Waals surface area contributed by atoms with Crippen LogP contribution < -0.4 is 14.8 Å². The van der Waals surface area contributed by atoms with Crippen LogP contribution in [0.2, 0.25) is 0 Å². The number of benzene rings is 1. The molecule has 118 valence electrons. The van der Waals surface area contributed by atoms with Gasteiger partial charge in [0.2, 0.25) is 0 Å². The van der Waals surface area contributed by atoms with Crippen LogP contribution in [0.4, 0.5) is 0 Å². The van der Waals surface area contributed by atoms with Crippen molar-refractivity contribution < 1.29 is 14.2 Å². The van der Waals surface area contributed by atoms with Gasteiger partial charge in [0.1, 0.15) is 0 Å². The normalized spacial score (nSPS) is 19.5. The van der Waals surface area contributed by atoms with Crippen molar-refractivity contribution >= 4 is 15.9 Å². The maximum absolute atomic E-state index is 5.57. The Balaban J connectivity index is 2.33. The first-order valence-electron chi connectivity index (χ1n) is 7.43. The van der Waals surface area contributed by atoms with Crippen molar-refractivity contribution in [3.8, 4) is 11.5 Å². The van der Waals surface area contributed by atoms with Gasteiger partial charge in [0, 0.05) is 23.0 Å². The molecule has 4 nitrogen and oxygen atoms in total. The predicted octanol–water partition coefficient (Wildman–Crippen LogP) is 3.54. The van der Waals surface area contributed by atoms with Gasteiger partial charge in [-0.15, -0.1) is 0 Å². The van der Waals surface area contributed by atoms with Crippen molar-refractivity contribution in [2.45, 2.75) is 25.8 Å². The number of ether oxygens (including phenoxy) is 3. The molecule has 0 spiro atoms. The van der Waals surface area contributed by atoms with Crippen LogP contribution in [0.3, 0.4) is 0 Å². The highest BCUT2D eigenvalue weighted by Gasteiger charge is 2.29.